The Morgan fingerprint density at radius 1 is 1.42 bits per heavy atom. The molecule has 0 bridgehead atoms. The first-order chi connectivity index (χ1) is 5.77. The Morgan fingerprint density at radius 3 is 3.00 bits per heavy atom. The lowest BCUT2D eigenvalue weighted by molar-refractivity contribution is -0.114. The maximum atomic E-state index is 10.9. The van der Waals surface area contributed by atoms with Crippen LogP contribution in [-0.4, -0.2) is 5.91 Å². The van der Waals surface area contributed by atoms with Crippen LogP contribution in [0.1, 0.15) is 0 Å². The highest BCUT2D eigenvalue weighted by Crippen LogP contribution is 2.51. The number of rotatable bonds is 1. The van der Waals surface area contributed by atoms with Crippen molar-refractivity contribution in [1.29, 1.82) is 0 Å². The number of hydrogen-bond donors (Lipinski definition) is 1. The Balaban J connectivity index is 2.10. The Bertz CT molecular complexity index is 421. The number of primary amides is 1. The second-order valence-electron chi connectivity index (χ2n) is 3.27. The van der Waals surface area contributed by atoms with Gasteiger partial charge >= 0.3 is 0 Å². The first-order valence-electron chi connectivity index (χ1n) is 3.93. The molecule has 0 aliphatic heterocycles. The van der Waals surface area contributed by atoms with Gasteiger partial charge in [-0.15, -0.1) is 0 Å². The van der Waals surface area contributed by atoms with E-state index in [0.717, 1.165) is 5.57 Å². The zero-order valence-electron chi connectivity index (χ0n) is 6.37. The van der Waals surface area contributed by atoms with Gasteiger partial charge in [0, 0.05) is 11.5 Å². The van der Waals surface area contributed by atoms with Gasteiger partial charge in [-0.2, -0.15) is 0 Å². The molecule has 1 amide bonds. The molecule has 0 fully saturated rings. The van der Waals surface area contributed by atoms with Crippen LogP contribution in [0, 0.1) is 5.92 Å². The van der Waals surface area contributed by atoms with E-state index >= 15 is 0 Å². The minimum Gasteiger partial charge on any atom is -0.366 e. The predicted molar refractivity (Wildman–Crippen MR) is 45.0 cm³/mol. The number of carbonyl (C=O) groups excluding carboxylic acids is 1. The fraction of sp³-hybridized carbons (Fsp3) is 0.100. The molecule has 3 rings (SSSR count). The van der Waals surface area contributed by atoms with Crippen LogP contribution < -0.4 is 5.73 Å². The molecular formula is C10H7NO. The lowest BCUT2D eigenvalue weighted by Crippen LogP contribution is -2.14. The van der Waals surface area contributed by atoms with Crippen molar-refractivity contribution >= 4 is 5.91 Å². The van der Waals surface area contributed by atoms with Gasteiger partial charge in [-0.25, -0.2) is 0 Å². The lowest BCUT2D eigenvalue weighted by Gasteiger charge is -2.00. The molecule has 0 aromatic carbocycles. The topological polar surface area (TPSA) is 43.1 Å². The van der Waals surface area contributed by atoms with E-state index < -0.39 is 0 Å². The number of hydrogen-bond acceptors (Lipinski definition) is 1. The van der Waals surface area contributed by atoms with Gasteiger partial charge in [0.2, 0.25) is 5.91 Å². The monoisotopic (exact) mass is 157 g/mol. The molecule has 0 heterocycles. The molecule has 58 valence electrons. The number of allylic oxidation sites excluding steroid dienone is 6. The molecule has 3 aliphatic rings. The highest BCUT2D eigenvalue weighted by molar-refractivity contribution is 6.01. The molecule has 0 radical (unpaired) electrons. The zero-order valence-corrected chi connectivity index (χ0v) is 6.37. The maximum absolute atomic E-state index is 10.9. The minimum atomic E-state index is -0.325. The minimum absolute atomic E-state index is 0.325. The van der Waals surface area contributed by atoms with Crippen LogP contribution in [-0.2, 0) is 4.79 Å². The van der Waals surface area contributed by atoms with Gasteiger partial charge in [-0.1, -0.05) is 12.2 Å². The van der Waals surface area contributed by atoms with Crippen LogP contribution in [0.15, 0.2) is 46.6 Å². The fourth-order valence-corrected chi connectivity index (χ4v) is 1.87. The van der Waals surface area contributed by atoms with Crippen LogP contribution in [0.3, 0.4) is 0 Å². The van der Waals surface area contributed by atoms with E-state index in [-0.39, 0.29) is 5.91 Å². The van der Waals surface area contributed by atoms with E-state index in [1.54, 1.807) is 0 Å². The number of amides is 1. The molecule has 3 aliphatic carbocycles. The lowest BCUT2D eigenvalue weighted by atomic mass is 10.0. The first kappa shape index (κ1) is 6.00. The van der Waals surface area contributed by atoms with Gasteiger partial charge in [0.15, 0.2) is 0 Å². The van der Waals surface area contributed by atoms with Gasteiger partial charge in [0.1, 0.15) is 0 Å². The zero-order chi connectivity index (χ0) is 8.29. The van der Waals surface area contributed by atoms with Crippen LogP contribution in [0.25, 0.3) is 0 Å². The van der Waals surface area contributed by atoms with E-state index in [2.05, 4.69) is 12.2 Å². The molecule has 2 nitrogen and oxygen atoms in total. The summed E-state index contributed by atoms with van der Waals surface area (Å²) in [5.41, 5.74) is 9.51. The second kappa shape index (κ2) is 1.61. The summed E-state index contributed by atoms with van der Waals surface area (Å²) in [6.07, 6.45) is 8.05. The van der Waals surface area contributed by atoms with Crippen LogP contribution >= 0.6 is 0 Å². The highest BCUT2D eigenvalue weighted by atomic mass is 16.1. The number of carbonyl (C=O) groups is 1. The third-order valence-corrected chi connectivity index (χ3v) is 2.55. The summed E-state index contributed by atoms with van der Waals surface area (Å²) < 4.78 is 0. The molecule has 1 unspecified atom stereocenters. The maximum Gasteiger partial charge on any atom is 0.249 e. The summed E-state index contributed by atoms with van der Waals surface area (Å²) in [4.78, 5) is 10.9. The van der Waals surface area contributed by atoms with E-state index in [1.165, 1.54) is 11.1 Å². The molecule has 0 saturated carbocycles. The van der Waals surface area contributed by atoms with Crippen molar-refractivity contribution < 1.29 is 4.79 Å². The number of fused-ring (bicyclic) bond motifs is 3. The summed E-state index contributed by atoms with van der Waals surface area (Å²) >= 11 is 0. The Hall–Kier alpha value is -1.57. The van der Waals surface area contributed by atoms with Gasteiger partial charge in [-0.05, 0) is 28.9 Å². The van der Waals surface area contributed by atoms with Gasteiger partial charge in [0.05, 0.1) is 0 Å². The molecule has 2 N–H and O–H groups in total. The summed E-state index contributed by atoms with van der Waals surface area (Å²) in [6.45, 7) is 0. The molecule has 2 heteroatoms. The van der Waals surface area contributed by atoms with Gasteiger partial charge in [-0.3, -0.25) is 4.79 Å². The molecule has 1 atom stereocenters. The van der Waals surface area contributed by atoms with Crippen LogP contribution in [0.4, 0.5) is 0 Å². The Kier molecular flexibility index (Phi) is 0.803. The molecule has 0 spiro atoms. The van der Waals surface area contributed by atoms with Crippen LogP contribution in [0.5, 0.6) is 0 Å². The van der Waals surface area contributed by atoms with Crippen molar-refractivity contribution in [2.24, 2.45) is 11.7 Å². The third-order valence-electron chi connectivity index (χ3n) is 2.55. The first-order valence-corrected chi connectivity index (χ1v) is 3.93. The number of nitrogens with two attached hydrogens (primary N) is 1. The third kappa shape index (κ3) is 0.537. The summed E-state index contributed by atoms with van der Waals surface area (Å²) in [7, 11) is 0. The van der Waals surface area contributed by atoms with E-state index in [4.69, 9.17) is 5.73 Å². The van der Waals surface area contributed by atoms with E-state index in [9.17, 15) is 4.79 Å². The SMILES string of the molecule is NC(=O)C1=CC=C2C1=CC1=CC12. The average molecular weight is 157 g/mol. The fourth-order valence-electron chi connectivity index (χ4n) is 1.87. The van der Waals surface area contributed by atoms with Crippen molar-refractivity contribution in [2.45, 2.75) is 0 Å². The molecule has 12 heavy (non-hydrogen) atoms. The van der Waals surface area contributed by atoms with E-state index in [1.807, 2.05) is 12.2 Å². The Labute approximate surface area is 69.7 Å². The molecule has 0 aromatic heterocycles. The summed E-state index contributed by atoms with van der Waals surface area (Å²) in [6, 6.07) is 0. The summed E-state index contributed by atoms with van der Waals surface area (Å²) in [5.74, 6) is 0.183. The molecular weight excluding hydrogens is 150 g/mol. The predicted octanol–water partition coefficient (Wildman–Crippen LogP) is 0.834. The van der Waals surface area contributed by atoms with Crippen LogP contribution in [0.2, 0.25) is 0 Å². The molecule has 0 saturated heterocycles. The second-order valence-corrected chi connectivity index (χ2v) is 3.27. The summed E-state index contributed by atoms with van der Waals surface area (Å²) in [5, 5.41) is 0. The van der Waals surface area contributed by atoms with Crippen molar-refractivity contribution in [1.82, 2.24) is 0 Å². The molecule has 0 aromatic rings. The normalized spacial score (nSPS) is 28.2. The van der Waals surface area contributed by atoms with Crippen molar-refractivity contribution in [2.75, 3.05) is 0 Å². The largest absolute Gasteiger partial charge is 0.366 e. The quantitative estimate of drug-likeness (QED) is 0.602. The highest BCUT2D eigenvalue weighted by Gasteiger charge is 2.38. The van der Waals surface area contributed by atoms with Gasteiger partial charge in [0.25, 0.3) is 0 Å². The average Bonchev–Trinajstić information content (AvgIpc) is 2.54. The van der Waals surface area contributed by atoms with Crippen molar-refractivity contribution in [3.05, 3.63) is 46.6 Å². The Morgan fingerprint density at radius 2 is 2.25 bits per heavy atom. The smallest absolute Gasteiger partial charge is 0.249 e. The van der Waals surface area contributed by atoms with Crippen molar-refractivity contribution in [3.8, 4) is 0 Å². The van der Waals surface area contributed by atoms with E-state index in [0.29, 0.717) is 11.5 Å². The standard InChI is InChI=1S/C10H7NO/c11-10(12)7-2-1-6-8-3-5(8)4-9(6)7/h1-4,8H,(H2,11,12). The van der Waals surface area contributed by atoms with Gasteiger partial charge < -0.3 is 5.73 Å². The van der Waals surface area contributed by atoms with Crippen molar-refractivity contribution in [3.63, 3.8) is 0 Å².